The molecule has 39 heavy (non-hydrogen) atoms. The van der Waals surface area contributed by atoms with E-state index < -0.39 is 12.1 Å². The van der Waals surface area contributed by atoms with Crippen LogP contribution in [0.3, 0.4) is 0 Å². The van der Waals surface area contributed by atoms with Crippen LogP contribution in [0.2, 0.25) is 0 Å². The van der Waals surface area contributed by atoms with E-state index in [0.29, 0.717) is 46.8 Å². The second-order valence-electron chi connectivity index (χ2n) is 8.66. The van der Waals surface area contributed by atoms with Crippen molar-refractivity contribution in [3.8, 4) is 34.5 Å². The Labute approximate surface area is 227 Å². The van der Waals surface area contributed by atoms with Crippen LogP contribution < -0.4 is 18.9 Å². The molecule has 1 unspecified atom stereocenters. The predicted molar refractivity (Wildman–Crippen MR) is 147 cm³/mol. The highest BCUT2D eigenvalue weighted by atomic mass is 16.5. The zero-order chi connectivity index (χ0) is 27.6. The van der Waals surface area contributed by atoms with Gasteiger partial charge < -0.3 is 28.5 Å². The van der Waals surface area contributed by atoms with Crippen molar-refractivity contribution in [2.45, 2.75) is 32.5 Å². The molecule has 0 bridgehead atoms. The van der Waals surface area contributed by atoms with E-state index in [2.05, 4.69) is 4.98 Å². The zero-order valence-electron chi connectivity index (χ0n) is 22.1. The molecule has 0 saturated heterocycles. The number of benzene rings is 3. The van der Waals surface area contributed by atoms with Gasteiger partial charge in [-0.1, -0.05) is 42.5 Å². The second kappa shape index (κ2) is 13.2. The van der Waals surface area contributed by atoms with Gasteiger partial charge in [-0.2, -0.15) is 0 Å². The highest BCUT2D eigenvalue weighted by Gasteiger charge is 2.20. The summed E-state index contributed by atoms with van der Waals surface area (Å²) in [5, 5.41) is 9.66. The molecule has 4 aromatic rings. The van der Waals surface area contributed by atoms with Gasteiger partial charge in [-0.25, -0.2) is 9.78 Å². The lowest BCUT2D eigenvalue weighted by molar-refractivity contribution is -0.145. The van der Waals surface area contributed by atoms with E-state index in [1.165, 1.54) is 7.11 Å². The standard InChI is InChI=1S/C31H31NO7/c1-21-25(32-30(38-21)22-11-5-4-6-12-22)20-37-26-18-17-24(35-2)19-23(26)13-7-8-16-29(31(33)34)39-28-15-10-9-14-27(28)36-3/h4-7,9-15,17-19,29H,8,16,20H2,1-3H3,(H,33,34)/b13-7+. The number of carboxylic acids is 1. The number of methoxy groups -OCH3 is 2. The monoisotopic (exact) mass is 529 g/mol. The van der Waals surface area contributed by atoms with Crippen LogP contribution >= 0.6 is 0 Å². The maximum atomic E-state index is 11.8. The zero-order valence-corrected chi connectivity index (χ0v) is 22.1. The maximum absolute atomic E-state index is 11.8. The summed E-state index contributed by atoms with van der Waals surface area (Å²) >= 11 is 0. The van der Waals surface area contributed by atoms with Gasteiger partial charge in [0, 0.05) is 11.1 Å². The molecule has 202 valence electrons. The van der Waals surface area contributed by atoms with Crippen molar-refractivity contribution < 1.29 is 33.3 Å². The number of rotatable bonds is 13. The van der Waals surface area contributed by atoms with Crippen molar-refractivity contribution in [1.82, 2.24) is 4.98 Å². The number of carbonyl (C=O) groups is 1. The number of aliphatic carboxylic acids is 1. The van der Waals surface area contributed by atoms with Crippen LogP contribution in [0.25, 0.3) is 17.5 Å². The third-order valence-corrected chi connectivity index (χ3v) is 6.00. The van der Waals surface area contributed by atoms with Crippen LogP contribution in [0.4, 0.5) is 0 Å². The van der Waals surface area contributed by atoms with Crippen molar-refractivity contribution in [2.24, 2.45) is 0 Å². The van der Waals surface area contributed by atoms with Gasteiger partial charge in [0.1, 0.15) is 29.6 Å². The van der Waals surface area contributed by atoms with Crippen LogP contribution in [0.1, 0.15) is 29.9 Å². The number of nitrogens with zero attached hydrogens (tertiary/aromatic N) is 1. The van der Waals surface area contributed by atoms with Gasteiger partial charge in [0.25, 0.3) is 0 Å². The predicted octanol–water partition coefficient (Wildman–Crippen LogP) is 6.57. The van der Waals surface area contributed by atoms with Crippen LogP contribution in [0.5, 0.6) is 23.0 Å². The van der Waals surface area contributed by atoms with E-state index in [0.717, 1.165) is 11.1 Å². The Hall–Kier alpha value is -4.72. The second-order valence-corrected chi connectivity index (χ2v) is 8.66. The van der Waals surface area contributed by atoms with E-state index in [9.17, 15) is 9.90 Å². The fraction of sp³-hybridized carbons (Fsp3) is 0.226. The van der Waals surface area contributed by atoms with Gasteiger partial charge in [-0.05, 0) is 62.2 Å². The van der Waals surface area contributed by atoms with Crippen molar-refractivity contribution >= 4 is 12.0 Å². The topological polar surface area (TPSA) is 100 Å². The van der Waals surface area contributed by atoms with Gasteiger partial charge >= 0.3 is 5.97 Å². The SMILES string of the molecule is COc1ccc(OCc2nc(-c3ccccc3)oc2C)c(/C=C/CCC(Oc2ccccc2OC)C(=O)O)c1. The van der Waals surface area contributed by atoms with Crippen LogP contribution in [0, 0.1) is 6.92 Å². The highest BCUT2D eigenvalue weighted by Crippen LogP contribution is 2.29. The Morgan fingerprint density at radius 2 is 1.72 bits per heavy atom. The molecule has 0 fully saturated rings. The van der Waals surface area contributed by atoms with Gasteiger partial charge in [0.15, 0.2) is 17.6 Å². The van der Waals surface area contributed by atoms with Crippen molar-refractivity contribution in [3.63, 3.8) is 0 Å². The third-order valence-electron chi connectivity index (χ3n) is 6.00. The Morgan fingerprint density at radius 1 is 0.974 bits per heavy atom. The first kappa shape index (κ1) is 27.3. The molecule has 8 nitrogen and oxygen atoms in total. The van der Waals surface area contributed by atoms with Crippen molar-refractivity contribution in [2.75, 3.05) is 14.2 Å². The molecule has 0 aliphatic carbocycles. The lowest BCUT2D eigenvalue weighted by Gasteiger charge is -2.16. The summed E-state index contributed by atoms with van der Waals surface area (Å²) in [6.07, 6.45) is 3.47. The summed E-state index contributed by atoms with van der Waals surface area (Å²) in [6.45, 7) is 2.09. The number of para-hydroxylation sites is 2. The molecule has 0 spiro atoms. The van der Waals surface area contributed by atoms with Gasteiger partial charge in [0.2, 0.25) is 5.89 Å². The number of allylic oxidation sites excluding steroid dienone is 1. The molecule has 0 saturated carbocycles. The lowest BCUT2D eigenvalue weighted by atomic mass is 10.1. The number of hydrogen-bond donors (Lipinski definition) is 1. The quantitative estimate of drug-likeness (QED) is 0.208. The fourth-order valence-corrected chi connectivity index (χ4v) is 3.89. The molecule has 1 heterocycles. The average molecular weight is 530 g/mol. The molecular formula is C31H31NO7. The Bertz CT molecular complexity index is 1410. The molecule has 0 amide bonds. The van der Waals surface area contributed by atoms with Crippen LogP contribution in [-0.4, -0.2) is 36.4 Å². The minimum absolute atomic E-state index is 0.225. The Balaban J connectivity index is 1.42. The first-order valence-corrected chi connectivity index (χ1v) is 12.5. The summed E-state index contributed by atoms with van der Waals surface area (Å²) in [5.74, 6) is 2.37. The normalized spacial score (nSPS) is 11.8. The van der Waals surface area contributed by atoms with Gasteiger partial charge in [0.05, 0.1) is 14.2 Å². The first-order valence-electron chi connectivity index (χ1n) is 12.5. The highest BCUT2D eigenvalue weighted by molar-refractivity contribution is 5.73. The molecule has 0 radical (unpaired) electrons. The molecular weight excluding hydrogens is 498 g/mol. The van der Waals surface area contributed by atoms with Gasteiger partial charge in [-0.15, -0.1) is 0 Å². The number of oxazole rings is 1. The van der Waals surface area contributed by atoms with E-state index in [1.807, 2.05) is 67.6 Å². The lowest BCUT2D eigenvalue weighted by Crippen LogP contribution is -2.26. The molecule has 3 aromatic carbocycles. The smallest absolute Gasteiger partial charge is 0.344 e. The first-order chi connectivity index (χ1) is 19.0. The van der Waals surface area contributed by atoms with Crippen LogP contribution in [0.15, 0.2) is 83.3 Å². The van der Waals surface area contributed by atoms with E-state index in [4.69, 9.17) is 23.4 Å². The molecule has 1 aromatic heterocycles. The summed E-state index contributed by atoms with van der Waals surface area (Å²) in [7, 11) is 3.11. The molecule has 0 aliphatic heterocycles. The minimum Gasteiger partial charge on any atom is -0.497 e. The summed E-state index contributed by atoms with van der Waals surface area (Å²) in [4.78, 5) is 16.4. The van der Waals surface area contributed by atoms with Crippen LogP contribution in [-0.2, 0) is 11.4 Å². The third kappa shape index (κ3) is 7.19. The van der Waals surface area contributed by atoms with Crippen molar-refractivity contribution in [1.29, 1.82) is 0 Å². The van der Waals surface area contributed by atoms with Crippen molar-refractivity contribution in [3.05, 3.63) is 95.9 Å². The number of ether oxygens (including phenoxy) is 4. The average Bonchev–Trinajstić information content (AvgIpc) is 3.34. The fourth-order valence-electron chi connectivity index (χ4n) is 3.89. The van der Waals surface area contributed by atoms with E-state index in [-0.39, 0.29) is 13.0 Å². The molecule has 4 rings (SSSR count). The van der Waals surface area contributed by atoms with E-state index >= 15 is 0 Å². The Kier molecular flexibility index (Phi) is 9.24. The van der Waals surface area contributed by atoms with E-state index in [1.54, 1.807) is 31.4 Å². The number of aromatic nitrogens is 1. The van der Waals surface area contributed by atoms with Gasteiger partial charge in [-0.3, -0.25) is 0 Å². The molecule has 8 heteroatoms. The summed E-state index contributed by atoms with van der Waals surface area (Å²) < 4.78 is 28.3. The maximum Gasteiger partial charge on any atom is 0.344 e. The summed E-state index contributed by atoms with van der Waals surface area (Å²) in [6, 6.07) is 22.2. The Morgan fingerprint density at radius 3 is 2.44 bits per heavy atom. The number of aryl methyl sites for hydroxylation is 1. The largest absolute Gasteiger partial charge is 0.497 e. The summed E-state index contributed by atoms with van der Waals surface area (Å²) in [5.41, 5.74) is 2.39. The molecule has 1 N–H and O–H groups in total. The molecule has 1 atom stereocenters. The molecule has 0 aliphatic rings. The number of hydrogen-bond acceptors (Lipinski definition) is 7. The minimum atomic E-state index is -1.04. The number of carboxylic acid groups (broad SMARTS) is 1.